The summed E-state index contributed by atoms with van der Waals surface area (Å²) in [5.74, 6) is 2.39. The predicted octanol–water partition coefficient (Wildman–Crippen LogP) is 3.69. The molecule has 2 aliphatic rings. The molecule has 0 spiro atoms. The van der Waals surface area contributed by atoms with Crippen molar-refractivity contribution in [2.75, 3.05) is 18.4 Å². The van der Waals surface area contributed by atoms with E-state index >= 15 is 0 Å². The van der Waals surface area contributed by atoms with Gasteiger partial charge in [-0.15, -0.1) is 10.2 Å². The van der Waals surface area contributed by atoms with Gasteiger partial charge in [0.2, 0.25) is 0 Å². The minimum absolute atomic E-state index is 0.485. The quantitative estimate of drug-likeness (QED) is 0.549. The molecule has 0 amide bonds. The first-order valence-electron chi connectivity index (χ1n) is 10.7. The average molecular weight is 403 g/mol. The van der Waals surface area contributed by atoms with Crippen LogP contribution < -0.4 is 5.32 Å². The second-order valence-electron chi connectivity index (χ2n) is 9.00. The Kier molecular flexibility index (Phi) is 4.06. The maximum Gasteiger partial charge on any atom is 0.148 e. The van der Waals surface area contributed by atoms with Gasteiger partial charge in [-0.3, -0.25) is 9.58 Å². The summed E-state index contributed by atoms with van der Waals surface area (Å²) in [5, 5.41) is 16.8. The fourth-order valence-electron chi connectivity index (χ4n) is 5.51. The molecule has 1 aliphatic carbocycles. The summed E-state index contributed by atoms with van der Waals surface area (Å²) in [5.41, 5.74) is 6.37. The van der Waals surface area contributed by atoms with Crippen LogP contribution >= 0.6 is 0 Å². The Hall–Kier alpha value is -2.93. The molecular weight excluding hydrogens is 376 g/mol. The zero-order valence-electron chi connectivity index (χ0n) is 17.4. The van der Waals surface area contributed by atoms with Crippen LogP contribution in [0.1, 0.15) is 24.0 Å². The number of benzene rings is 1. The van der Waals surface area contributed by atoms with Crippen LogP contribution in [0.3, 0.4) is 0 Å². The molecule has 1 aliphatic heterocycles. The molecule has 2 fully saturated rings. The molecule has 1 saturated carbocycles. The predicted molar refractivity (Wildman–Crippen MR) is 115 cm³/mol. The zero-order valence-corrected chi connectivity index (χ0v) is 17.4. The van der Waals surface area contributed by atoms with Gasteiger partial charge in [-0.2, -0.15) is 5.10 Å². The maximum atomic E-state index is 5.69. The van der Waals surface area contributed by atoms with Crippen molar-refractivity contribution in [1.29, 1.82) is 0 Å². The third-order valence-electron chi connectivity index (χ3n) is 6.86. The van der Waals surface area contributed by atoms with Crippen LogP contribution in [0.2, 0.25) is 0 Å². The van der Waals surface area contributed by atoms with Crippen molar-refractivity contribution in [3.8, 4) is 11.4 Å². The minimum Gasteiger partial charge on any atom is -0.457 e. The van der Waals surface area contributed by atoms with E-state index in [1.165, 1.54) is 31.5 Å². The molecule has 2 unspecified atom stereocenters. The smallest absolute Gasteiger partial charge is 0.148 e. The number of rotatable bonds is 5. The van der Waals surface area contributed by atoms with Gasteiger partial charge in [-0.25, -0.2) is 0 Å². The van der Waals surface area contributed by atoms with E-state index in [4.69, 9.17) is 4.42 Å². The van der Waals surface area contributed by atoms with Crippen LogP contribution in [0.4, 0.5) is 5.82 Å². The Morgan fingerprint density at radius 3 is 2.53 bits per heavy atom. The number of nitrogens with zero attached hydrogens (tertiary/aromatic N) is 5. The summed E-state index contributed by atoms with van der Waals surface area (Å²) in [6.07, 6.45) is 4.27. The molecule has 7 heteroatoms. The van der Waals surface area contributed by atoms with E-state index in [9.17, 15) is 0 Å². The number of anilines is 1. The van der Waals surface area contributed by atoms with Crippen molar-refractivity contribution >= 4 is 17.0 Å². The van der Waals surface area contributed by atoms with Gasteiger partial charge >= 0.3 is 0 Å². The second kappa shape index (κ2) is 6.80. The highest BCUT2D eigenvalue weighted by Crippen LogP contribution is 2.40. The normalized spacial score (nSPS) is 24.1. The van der Waals surface area contributed by atoms with Crippen molar-refractivity contribution in [3.05, 3.63) is 47.7 Å². The van der Waals surface area contributed by atoms with Gasteiger partial charge in [0.25, 0.3) is 0 Å². The van der Waals surface area contributed by atoms with Crippen LogP contribution in [0.25, 0.3) is 22.6 Å². The number of hydrogen-bond donors (Lipinski definition) is 1. The fourth-order valence-corrected chi connectivity index (χ4v) is 5.51. The summed E-state index contributed by atoms with van der Waals surface area (Å²) >= 11 is 0. The number of nitrogens with one attached hydrogen (secondary N) is 1. The van der Waals surface area contributed by atoms with E-state index in [0.29, 0.717) is 6.04 Å². The lowest BCUT2D eigenvalue weighted by atomic mass is 10.0. The Morgan fingerprint density at radius 1 is 1.10 bits per heavy atom. The van der Waals surface area contributed by atoms with Gasteiger partial charge in [-0.05, 0) is 67.5 Å². The van der Waals surface area contributed by atoms with Gasteiger partial charge in [0.05, 0.1) is 11.9 Å². The van der Waals surface area contributed by atoms with Crippen LogP contribution in [-0.4, -0.2) is 44.0 Å². The number of aryl methyl sites for hydroxylation is 2. The highest BCUT2D eigenvalue weighted by atomic mass is 16.3. The van der Waals surface area contributed by atoms with Gasteiger partial charge in [-0.1, -0.05) is 0 Å². The molecular formula is C23H26N6O. The Labute approximate surface area is 175 Å². The number of fused-ring (bicyclic) bond motifs is 3. The molecule has 3 atom stereocenters. The lowest BCUT2D eigenvalue weighted by molar-refractivity contribution is 0.301. The summed E-state index contributed by atoms with van der Waals surface area (Å²) in [6, 6.07) is 10.9. The molecule has 7 nitrogen and oxygen atoms in total. The van der Waals surface area contributed by atoms with Crippen molar-refractivity contribution < 1.29 is 4.42 Å². The van der Waals surface area contributed by atoms with Gasteiger partial charge in [0.15, 0.2) is 0 Å². The average Bonchev–Trinajstić information content (AvgIpc) is 3.52. The molecule has 6 rings (SSSR count). The molecule has 0 aromatic carbocycles. The standard InChI is InChI=1S/C23H26N6O/c1-14-10-24-28(2)23(14)20-4-6-22(27-26-20)25-18-7-15-11-29(12-16(15)8-18)13-17-9-19-3-5-21(17)30-19/h3-6,9-10,15-16,18H,7-8,11-13H2,1-2H3,(H,25,27)/t15-,16?,18?/m1/s1. The first-order chi connectivity index (χ1) is 14.6. The summed E-state index contributed by atoms with van der Waals surface area (Å²) in [4.78, 5) is 2.59. The lowest BCUT2D eigenvalue weighted by Gasteiger charge is -2.19. The molecule has 4 aromatic heterocycles. The maximum absolute atomic E-state index is 5.69. The van der Waals surface area contributed by atoms with E-state index in [0.717, 1.165) is 52.3 Å². The van der Waals surface area contributed by atoms with Crippen molar-refractivity contribution in [2.24, 2.45) is 18.9 Å². The highest BCUT2D eigenvalue weighted by molar-refractivity contribution is 5.65. The van der Waals surface area contributed by atoms with E-state index in [1.54, 1.807) is 0 Å². The zero-order chi connectivity index (χ0) is 20.2. The lowest BCUT2D eigenvalue weighted by Crippen LogP contribution is -2.25. The first kappa shape index (κ1) is 17.9. The summed E-state index contributed by atoms with van der Waals surface area (Å²) in [6.45, 7) is 5.41. The third kappa shape index (κ3) is 3.04. The topological polar surface area (TPSA) is 72.0 Å². The van der Waals surface area contributed by atoms with Gasteiger partial charge < -0.3 is 9.73 Å². The number of furan rings is 2. The van der Waals surface area contributed by atoms with E-state index in [1.807, 2.05) is 43.0 Å². The number of aromatic nitrogens is 4. The molecule has 154 valence electrons. The number of hydrogen-bond acceptors (Lipinski definition) is 6. The Balaban J connectivity index is 1.06. The molecule has 0 radical (unpaired) electrons. The minimum atomic E-state index is 0.485. The van der Waals surface area contributed by atoms with Crippen LogP contribution in [-0.2, 0) is 13.6 Å². The van der Waals surface area contributed by atoms with Crippen LogP contribution in [0, 0.1) is 18.8 Å². The van der Waals surface area contributed by atoms with Crippen LogP contribution in [0.15, 0.2) is 40.9 Å². The Morgan fingerprint density at radius 2 is 1.93 bits per heavy atom. The SMILES string of the molecule is Cc1cnn(C)c1-c1ccc(NC2CC3CN(Cc4cc5ccc4o5)C[C@H]3C2)nn1. The van der Waals surface area contributed by atoms with Crippen LogP contribution in [0.5, 0.6) is 0 Å². The van der Waals surface area contributed by atoms with E-state index in [2.05, 4.69) is 37.6 Å². The molecule has 2 bridgehead atoms. The Bertz CT molecular complexity index is 1130. The largest absolute Gasteiger partial charge is 0.457 e. The molecule has 1 N–H and O–H groups in total. The molecule has 4 aromatic rings. The fraction of sp³-hybridized carbons (Fsp3) is 0.435. The van der Waals surface area contributed by atoms with Crippen molar-refractivity contribution in [3.63, 3.8) is 0 Å². The molecule has 30 heavy (non-hydrogen) atoms. The number of likely N-dealkylation sites (tertiary alicyclic amines) is 1. The molecule has 5 heterocycles. The second-order valence-corrected chi connectivity index (χ2v) is 9.00. The molecule has 1 saturated heterocycles. The van der Waals surface area contributed by atoms with Gasteiger partial charge in [0.1, 0.15) is 22.7 Å². The third-order valence-corrected chi connectivity index (χ3v) is 6.86. The van der Waals surface area contributed by atoms with E-state index < -0.39 is 0 Å². The highest BCUT2D eigenvalue weighted by Gasteiger charge is 2.41. The van der Waals surface area contributed by atoms with E-state index in [-0.39, 0.29) is 0 Å². The summed E-state index contributed by atoms with van der Waals surface area (Å²) < 4.78 is 7.54. The van der Waals surface area contributed by atoms with Gasteiger partial charge in [0, 0.05) is 38.3 Å². The monoisotopic (exact) mass is 402 g/mol. The van der Waals surface area contributed by atoms with Crippen molar-refractivity contribution in [2.45, 2.75) is 32.4 Å². The summed E-state index contributed by atoms with van der Waals surface area (Å²) in [7, 11) is 1.94. The first-order valence-corrected chi connectivity index (χ1v) is 10.7. The van der Waals surface area contributed by atoms with Crippen molar-refractivity contribution in [1.82, 2.24) is 24.9 Å².